The predicted octanol–water partition coefficient (Wildman–Crippen LogP) is 3.21. The quantitative estimate of drug-likeness (QED) is 0.598. The number of piperidine rings is 1. The summed E-state index contributed by atoms with van der Waals surface area (Å²) in [6.45, 7) is 1.80. The van der Waals surface area contributed by atoms with Crippen molar-refractivity contribution in [2.24, 2.45) is 0 Å². The average Bonchev–Trinajstić information content (AvgIpc) is 2.81. The Morgan fingerprint density at radius 2 is 2.00 bits per heavy atom. The van der Waals surface area contributed by atoms with Crippen LogP contribution in [0.5, 0.6) is 0 Å². The highest BCUT2D eigenvalue weighted by atomic mass is 19.3. The molecule has 2 N–H and O–H groups in total. The molecule has 7 nitrogen and oxygen atoms in total. The number of likely N-dealkylation sites (tertiary alicyclic amines) is 1. The van der Waals surface area contributed by atoms with E-state index < -0.39 is 17.9 Å². The van der Waals surface area contributed by atoms with Gasteiger partial charge in [-0.3, -0.25) is 19.5 Å². The lowest BCUT2D eigenvalue weighted by molar-refractivity contribution is -0.125. The molecular formula is C24H25F2N5O2. The third-order valence-corrected chi connectivity index (χ3v) is 6.03. The number of anilines is 1. The molecule has 0 aliphatic carbocycles. The zero-order valence-corrected chi connectivity index (χ0v) is 18.2. The number of carbonyl (C=O) groups excluding carboxylic acids is 1. The first kappa shape index (κ1) is 22.7. The van der Waals surface area contributed by atoms with Crippen molar-refractivity contribution in [2.75, 3.05) is 18.4 Å². The van der Waals surface area contributed by atoms with Crippen LogP contribution in [0, 0.1) is 0 Å². The lowest BCUT2D eigenvalue weighted by atomic mass is 9.87. The number of hydrogen-bond acceptors (Lipinski definition) is 5. The van der Waals surface area contributed by atoms with Gasteiger partial charge in [0.25, 0.3) is 5.92 Å². The molecule has 0 saturated carbocycles. The average molecular weight is 453 g/mol. The van der Waals surface area contributed by atoms with Crippen LogP contribution in [-0.2, 0) is 11.2 Å². The van der Waals surface area contributed by atoms with Gasteiger partial charge in [-0.2, -0.15) is 0 Å². The molecule has 172 valence electrons. The zero-order chi connectivity index (χ0) is 23.4. The maximum Gasteiger partial charge on any atom is 0.257 e. The van der Waals surface area contributed by atoms with E-state index >= 15 is 0 Å². The fourth-order valence-corrected chi connectivity index (χ4v) is 4.00. The summed E-state index contributed by atoms with van der Waals surface area (Å²) in [4.78, 5) is 36.6. The zero-order valence-electron chi connectivity index (χ0n) is 18.2. The van der Waals surface area contributed by atoms with Crippen LogP contribution in [0.4, 0.5) is 14.6 Å². The van der Waals surface area contributed by atoms with E-state index in [0.717, 1.165) is 11.1 Å². The number of pyridine rings is 3. The molecule has 3 aromatic heterocycles. The first-order valence-electron chi connectivity index (χ1n) is 10.8. The number of aromatic nitrogens is 3. The predicted molar refractivity (Wildman–Crippen MR) is 120 cm³/mol. The number of rotatable bonds is 6. The van der Waals surface area contributed by atoms with Crippen molar-refractivity contribution in [3.63, 3.8) is 0 Å². The van der Waals surface area contributed by atoms with Crippen LogP contribution >= 0.6 is 0 Å². The van der Waals surface area contributed by atoms with Gasteiger partial charge in [0.1, 0.15) is 5.82 Å². The standard InChI is InChI=1S/C24H25F2N5O2/c1-16(31-11-8-24(25,26)20(15-31)19-3-5-22(32)29-14-19)23(33)30-21-4-2-18(13-28-21)12-17-6-9-27-10-7-17/h2-7,9-10,13-14,16,20H,8,11-12,15H2,1H3,(H,29,32)(H,28,30,33). The summed E-state index contributed by atoms with van der Waals surface area (Å²) < 4.78 is 29.2. The fraction of sp³-hybridized carbons (Fsp3) is 0.333. The third-order valence-electron chi connectivity index (χ3n) is 6.03. The van der Waals surface area contributed by atoms with Gasteiger partial charge in [-0.05, 0) is 48.2 Å². The molecule has 0 bridgehead atoms. The summed E-state index contributed by atoms with van der Waals surface area (Å²) in [6, 6.07) is 9.52. The molecule has 4 heterocycles. The number of hydrogen-bond donors (Lipinski definition) is 2. The molecule has 2 unspecified atom stereocenters. The normalized spacial score (nSPS) is 19.1. The molecule has 4 rings (SSSR count). The molecule has 1 fully saturated rings. The molecule has 1 amide bonds. The molecule has 3 aromatic rings. The number of nitrogens with one attached hydrogen (secondary N) is 2. The van der Waals surface area contributed by atoms with E-state index in [1.165, 1.54) is 18.3 Å². The molecule has 0 spiro atoms. The van der Waals surface area contributed by atoms with E-state index in [9.17, 15) is 18.4 Å². The van der Waals surface area contributed by atoms with E-state index in [0.29, 0.717) is 17.8 Å². The minimum absolute atomic E-state index is 0.00588. The molecule has 9 heteroatoms. The summed E-state index contributed by atoms with van der Waals surface area (Å²) in [6.07, 6.45) is 6.83. The smallest absolute Gasteiger partial charge is 0.257 e. The van der Waals surface area contributed by atoms with Crippen LogP contribution < -0.4 is 10.9 Å². The van der Waals surface area contributed by atoms with Gasteiger partial charge in [-0.1, -0.05) is 12.1 Å². The van der Waals surface area contributed by atoms with Crippen molar-refractivity contribution in [3.8, 4) is 0 Å². The van der Waals surface area contributed by atoms with Gasteiger partial charge in [0, 0.05) is 50.4 Å². The number of alkyl halides is 2. The Hall–Kier alpha value is -3.46. The Morgan fingerprint density at radius 3 is 2.67 bits per heavy atom. The summed E-state index contributed by atoms with van der Waals surface area (Å²) in [5, 5.41) is 2.78. The minimum atomic E-state index is -2.92. The molecule has 0 aromatic carbocycles. The topological polar surface area (TPSA) is 91.0 Å². The van der Waals surface area contributed by atoms with Gasteiger partial charge in [-0.15, -0.1) is 0 Å². The van der Waals surface area contributed by atoms with Crippen LogP contribution in [0.25, 0.3) is 0 Å². The van der Waals surface area contributed by atoms with Gasteiger partial charge in [0.2, 0.25) is 11.5 Å². The van der Waals surface area contributed by atoms with Crippen molar-refractivity contribution in [3.05, 3.63) is 88.2 Å². The number of aromatic amines is 1. The van der Waals surface area contributed by atoms with Crippen LogP contribution in [0.3, 0.4) is 0 Å². The van der Waals surface area contributed by atoms with Gasteiger partial charge in [-0.25, -0.2) is 13.8 Å². The van der Waals surface area contributed by atoms with Crippen LogP contribution in [0.2, 0.25) is 0 Å². The first-order valence-corrected chi connectivity index (χ1v) is 10.8. The molecule has 2 atom stereocenters. The van der Waals surface area contributed by atoms with Crippen LogP contribution in [0.1, 0.15) is 36.0 Å². The molecule has 33 heavy (non-hydrogen) atoms. The highest BCUT2D eigenvalue weighted by Crippen LogP contribution is 2.40. The third kappa shape index (κ3) is 5.48. The van der Waals surface area contributed by atoms with Crippen LogP contribution in [-0.4, -0.2) is 50.8 Å². The van der Waals surface area contributed by atoms with E-state index in [1.54, 1.807) is 36.5 Å². The number of halogens is 2. The monoisotopic (exact) mass is 453 g/mol. The van der Waals surface area contributed by atoms with Gasteiger partial charge < -0.3 is 10.3 Å². The Labute approximate surface area is 189 Å². The van der Waals surface area contributed by atoms with Crippen molar-refractivity contribution < 1.29 is 13.6 Å². The lowest BCUT2D eigenvalue weighted by Crippen LogP contribution is -2.52. The van der Waals surface area contributed by atoms with Gasteiger partial charge in [0.05, 0.1) is 12.0 Å². The van der Waals surface area contributed by atoms with E-state index in [4.69, 9.17) is 0 Å². The lowest BCUT2D eigenvalue weighted by Gasteiger charge is -2.40. The van der Waals surface area contributed by atoms with Crippen molar-refractivity contribution in [2.45, 2.75) is 37.6 Å². The maximum absolute atomic E-state index is 14.6. The number of amides is 1. The summed E-state index contributed by atoms with van der Waals surface area (Å²) in [5.41, 5.74) is 2.11. The Bertz CT molecular complexity index is 1130. The van der Waals surface area contributed by atoms with Crippen molar-refractivity contribution in [1.82, 2.24) is 19.9 Å². The molecule has 1 aliphatic heterocycles. The second-order valence-electron chi connectivity index (χ2n) is 8.29. The maximum atomic E-state index is 14.6. The Morgan fingerprint density at radius 1 is 1.21 bits per heavy atom. The van der Waals surface area contributed by atoms with E-state index in [2.05, 4.69) is 20.3 Å². The highest BCUT2D eigenvalue weighted by Gasteiger charge is 2.46. The Kier molecular flexibility index (Phi) is 6.60. The fourth-order valence-electron chi connectivity index (χ4n) is 4.00. The molecule has 0 radical (unpaired) electrons. The van der Waals surface area contributed by atoms with Gasteiger partial charge >= 0.3 is 0 Å². The van der Waals surface area contributed by atoms with Crippen molar-refractivity contribution in [1.29, 1.82) is 0 Å². The minimum Gasteiger partial charge on any atom is -0.329 e. The van der Waals surface area contributed by atoms with Crippen molar-refractivity contribution >= 4 is 11.7 Å². The Balaban J connectivity index is 1.39. The number of carbonyl (C=O) groups is 1. The van der Waals surface area contributed by atoms with Crippen LogP contribution in [0.15, 0.2) is 66.0 Å². The largest absolute Gasteiger partial charge is 0.329 e. The molecular weight excluding hydrogens is 428 g/mol. The first-order chi connectivity index (χ1) is 15.8. The second kappa shape index (κ2) is 9.58. The SMILES string of the molecule is CC(C(=O)Nc1ccc(Cc2ccncc2)cn1)N1CCC(F)(F)C(c2ccc(=O)[nH]c2)C1. The number of H-pyrrole nitrogens is 1. The van der Waals surface area contributed by atoms with E-state index in [1.807, 2.05) is 18.2 Å². The molecule has 1 aliphatic rings. The van der Waals surface area contributed by atoms with E-state index in [-0.39, 0.29) is 31.0 Å². The van der Waals surface area contributed by atoms with Gasteiger partial charge in [0.15, 0.2) is 0 Å². The highest BCUT2D eigenvalue weighted by molar-refractivity contribution is 5.93. The number of nitrogens with zero attached hydrogens (tertiary/aromatic N) is 3. The summed E-state index contributed by atoms with van der Waals surface area (Å²) in [7, 11) is 0. The molecule has 1 saturated heterocycles. The second-order valence-corrected chi connectivity index (χ2v) is 8.29. The summed E-state index contributed by atoms with van der Waals surface area (Å²) in [5.74, 6) is -3.93. The summed E-state index contributed by atoms with van der Waals surface area (Å²) >= 11 is 0.